The minimum absolute atomic E-state index is 0.0583. The zero-order valence-corrected chi connectivity index (χ0v) is 21.2. The second-order valence-electron chi connectivity index (χ2n) is 6.85. The molecule has 0 N–H and O–H groups in total. The fourth-order valence-corrected chi connectivity index (χ4v) is 5.43. The number of hydrogen-bond donors (Lipinski definition) is 0. The molecule has 0 aliphatic carbocycles. The highest BCUT2D eigenvalue weighted by molar-refractivity contribution is 9.10. The molecule has 0 spiro atoms. The third-order valence-corrected chi connectivity index (χ3v) is 7.39. The van der Waals surface area contributed by atoms with Crippen LogP contribution >= 0.6 is 55.2 Å². The summed E-state index contributed by atoms with van der Waals surface area (Å²) in [6, 6.07) is 19.2. The molecule has 160 valence electrons. The van der Waals surface area contributed by atoms with Crippen molar-refractivity contribution in [3.63, 3.8) is 0 Å². The number of thioether (sulfide) groups is 1. The molecule has 1 fully saturated rings. The number of benzene rings is 3. The lowest BCUT2D eigenvalue weighted by molar-refractivity contribution is -0.115. The molecule has 0 aromatic heterocycles. The van der Waals surface area contributed by atoms with Crippen LogP contribution in [-0.4, -0.2) is 18.8 Å². The van der Waals surface area contributed by atoms with Gasteiger partial charge in [0.25, 0.3) is 0 Å². The van der Waals surface area contributed by atoms with Gasteiger partial charge in [-0.3, -0.25) is 9.69 Å². The molecule has 0 unspecified atom stereocenters. The van der Waals surface area contributed by atoms with Gasteiger partial charge in [-0.15, -0.1) is 11.8 Å². The van der Waals surface area contributed by atoms with Gasteiger partial charge in [-0.2, -0.15) is 0 Å². The summed E-state index contributed by atoms with van der Waals surface area (Å²) in [5.41, 5.74) is 2.81. The van der Waals surface area contributed by atoms with Gasteiger partial charge in [0.2, 0.25) is 5.91 Å². The Kier molecular flexibility index (Phi) is 7.16. The molecular weight excluding hydrogens is 566 g/mol. The van der Waals surface area contributed by atoms with Crippen LogP contribution in [-0.2, 0) is 11.4 Å². The highest BCUT2D eigenvalue weighted by atomic mass is 79.9. The van der Waals surface area contributed by atoms with E-state index in [1.54, 1.807) is 35.9 Å². The molecule has 0 bridgehead atoms. The summed E-state index contributed by atoms with van der Waals surface area (Å²) >= 11 is 14.7. The van der Waals surface area contributed by atoms with Crippen LogP contribution in [0.5, 0.6) is 11.5 Å². The maximum atomic E-state index is 12.6. The minimum atomic E-state index is -0.167. The second kappa shape index (κ2) is 9.86. The molecule has 0 radical (unpaired) electrons. The van der Waals surface area contributed by atoms with Crippen LogP contribution in [0.25, 0.3) is 0 Å². The zero-order chi connectivity index (χ0) is 22.0. The maximum Gasteiger partial charge on any atom is 0.238 e. The van der Waals surface area contributed by atoms with Crippen molar-refractivity contribution >= 4 is 66.8 Å². The van der Waals surface area contributed by atoms with Gasteiger partial charge in [-0.05, 0) is 75.6 Å². The first kappa shape index (κ1) is 22.5. The lowest BCUT2D eigenvalue weighted by Gasteiger charge is -2.25. The predicted octanol–water partition coefficient (Wildman–Crippen LogP) is 7.23. The average molecular weight is 584 g/mol. The zero-order valence-electron chi connectivity index (χ0n) is 16.5. The monoisotopic (exact) mass is 581 g/mol. The van der Waals surface area contributed by atoms with Crippen molar-refractivity contribution in [2.75, 3.05) is 17.8 Å². The van der Waals surface area contributed by atoms with E-state index in [9.17, 15) is 4.79 Å². The number of anilines is 1. The van der Waals surface area contributed by atoms with E-state index in [1.807, 2.05) is 48.5 Å². The number of halogens is 3. The van der Waals surface area contributed by atoms with E-state index < -0.39 is 0 Å². The molecule has 1 saturated heterocycles. The van der Waals surface area contributed by atoms with Crippen LogP contribution in [0.15, 0.2) is 69.6 Å². The van der Waals surface area contributed by atoms with Crippen LogP contribution in [0.2, 0.25) is 5.02 Å². The quantitative estimate of drug-likeness (QED) is 0.307. The van der Waals surface area contributed by atoms with Crippen LogP contribution in [0.1, 0.15) is 16.5 Å². The number of nitrogens with zero attached hydrogens (tertiary/aromatic N) is 1. The maximum absolute atomic E-state index is 12.6. The third-order valence-electron chi connectivity index (χ3n) is 4.81. The summed E-state index contributed by atoms with van der Waals surface area (Å²) in [7, 11) is 1.61. The highest BCUT2D eigenvalue weighted by Crippen LogP contribution is 2.46. The Balaban J connectivity index is 1.61. The van der Waals surface area contributed by atoms with E-state index in [0.29, 0.717) is 28.9 Å². The van der Waals surface area contributed by atoms with Crippen molar-refractivity contribution in [1.82, 2.24) is 0 Å². The van der Waals surface area contributed by atoms with E-state index in [2.05, 4.69) is 31.9 Å². The molecule has 1 amide bonds. The second-order valence-corrected chi connectivity index (χ2v) is 10.1. The molecule has 1 aliphatic heterocycles. The molecule has 1 heterocycles. The van der Waals surface area contributed by atoms with Crippen molar-refractivity contribution in [3.05, 3.63) is 85.8 Å². The SMILES string of the molecule is COc1cc([C@H]2SCC(=O)N2c2ccc(Cl)cc2)cc(Br)c1OCc1ccc(Br)cc1. The van der Waals surface area contributed by atoms with Crippen molar-refractivity contribution in [1.29, 1.82) is 0 Å². The molecular formula is C23H18Br2ClNO3S. The Morgan fingerprint density at radius 3 is 2.48 bits per heavy atom. The first-order valence-electron chi connectivity index (χ1n) is 9.40. The molecule has 0 saturated carbocycles. The molecule has 3 aromatic carbocycles. The van der Waals surface area contributed by atoms with Crippen LogP contribution in [0.3, 0.4) is 0 Å². The predicted molar refractivity (Wildman–Crippen MR) is 133 cm³/mol. The summed E-state index contributed by atoms with van der Waals surface area (Å²) in [5.74, 6) is 1.71. The highest BCUT2D eigenvalue weighted by Gasteiger charge is 2.35. The number of hydrogen-bond acceptors (Lipinski definition) is 4. The summed E-state index contributed by atoms with van der Waals surface area (Å²) in [5, 5.41) is 0.468. The van der Waals surface area contributed by atoms with Crippen LogP contribution < -0.4 is 14.4 Å². The van der Waals surface area contributed by atoms with Crippen LogP contribution in [0.4, 0.5) is 5.69 Å². The Morgan fingerprint density at radius 1 is 1.10 bits per heavy atom. The number of ether oxygens (including phenoxy) is 2. The molecule has 1 atom stereocenters. The topological polar surface area (TPSA) is 38.8 Å². The smallest absolute Gasteiger partial charge is 0.238 e. The minimum Gasteiger partial charge on any atom is -0.493 e. The van der Waals surface area contributed by atoms with Crippen LogP contribution in [0, 0.1) is 0 Å². The van der Waals surface area contributed by atoms with E-state index >= 15 is 0 Å². The van der Waals surface area contributed by atoms with Gasteiger partial charge in [0, 0.05) is 15.2 Å². The number of methoxy groups -OCH3 is 1. The Labute approximate surface area is 207 Å². The lowest BCUT2D eigenvalue weighted by atomic mass is 10.1. The first-order chi connectivity index (χ1) is 15.0. The summed E-state index contributed by atoms with van der Waals surface area (Å²) < 4.78 is 13.5. The van der Waals surface area contributed by atoms with Crippen molar-refractivity contribution in [3.8, 4) is 11.5 Å². The number of amides is 1. The van der Waals surface area contributed by atoms with E-state index in [1.165, 1.54) is 0 Å². The van der Waals surface area contributed by atoms with Gasteiger partial charge in [0.1, 0.15) is 12.0 Å². The molecule has 4 rings (SSSR count). The van der Waals surface area contributed by atoms with Gasteiger partial charge >= 0.3 is 0 Å². The number of rotatable bonds is 6. The lowest BCUT2D eigenvalue weighted by Crippen LogP contribution is -2.27. The van der Waals surface area contributed by atoms with E-state index in [0.717, 1.165) is 25.8 Å². The Hall–Kier alpha value is -1.67. The number of carbonyl (C=O) groups excluding carboxylic acids is 1. The van der Waals surface area contributed by atoms with Gasteiger partial charge in [0.15, 0.2) is 11.5 Å². The molecule has 4 nitrogen and oxygen atoms in total. The Morgan fingerprint density at radius 2 is 1.81 bits per heavy atom. The summed E-state index contributed by atoms with van der Waals surface area (Å²) in [6.07, 6.45) is 0. The van der Waals surface area contributed by atoms with E-state index in [-0.39, 0.29) is 11.3 Å². The molecule has 8 heteroatoms. The average Bonchev–Trinajstić information content (AvgIpc) is 3.15. The normalized spacial score (nSPS) is 15.9. The van der Waals surface area contributed by atoms with Gasteiger partial charge in [-0.25, -0.2) is 0 Å². The van der Waals surface area contributed by atoms with E-state index in [4.69, 9.17) is 21.1 Å². The van der Waals surface area contributed by atoms with Crippen molar-refractivity contribution in [2.45, 2.75) is 12.0 Å². The third kappa shape index (κ3) is 5.06. The van der Waals surface area contributed by atoms with Gasteiger partial charge in [-0.1, -0.05) is 39.7 Å². The molecule has 3 aromatic rings. The largest absolute Gasteiger partial charge is 0.493 e. The fraction of sp³-hybridized carbons (Fsp3) is 0.174. The van der Waals surface area contributed by atoms with Gasteiger partial charge < -0.3 is 9.47 Å². The summed E-state index contributed by atoms with van der Waals surface area (Å²) in [6.45, 7) is 0.412. The Bertz CT molecular complexity index is 1090. The van der Waals surface area contributed by atoms with Crippen molar-refractivity contribution < 1.29 is 14.3 Å². The van der Waals surface area contributed by atoms with Gasteiger partial charge in [0.05, 0.1) is 17.3 Å². The standard InChI is InChI=1S/C23H18Br2ClNO3S/c1-29-20-11-15(10-19(25)22(20)30-12-14-2-4-16(24)5-3-14)23-27(21(28)13-31-23)18-8-6-17(26)7-9-18/h2-11,23H,12-13H2,1H3/t23-/m1/s1. The van der Waals surface area contributed by atoms with Crippen molar-refractivity contribution in [2.24, 2.45) is 0 Å². The fourth-order valence-electron chi connectivity index (χ4n) is 3.31. The first-order valence-corrected chi connectivity index (χ1v) is 12.4. The molecule has 31 heavy (non-hydrogen) atoms. The molecule has 1 aliphatic rings. The summed E-state index contributed by atoms with van der Waals surface area (Å²) in [4.78, 5) is 14.4. The number of carbonyl (C=O) groups is 1.